The quantitative estimate of drug-likeness (QED) is 0.303. The Hall–Kier alpha value is -1.36. The van der Waals surface area contributed by atoms with Crippen LogP contribution in [-0.4, -0.2) is 31.2 Å². The average Bonchev–Trinajstić information content (AvgIpc) is 2.54. The van der Waals surface area contributed by atoms with Crippen molar-refractivity contribution in [3.05, 3.63) is 29.8 Å². The lowest BCUT2D eigenvalue weighted by atomic mass is 10.1. The zero-order chi connectivity index (χ0) is 19.7. The molecular weight excluding hydrogens is 344 g/mol. The van der Waals surface area contributed by atoms with Crippen molar-refractivity contribution in [2.45, 2.75) is 97.0 Å². The van der Waals surface area contributed by atoms with Gasteiger partial charge in [-0.15, -0.1) is 4.40 Å². The van der Waals surface area contributed by atoms with Gasteiger partial charge in [0.1, 0.15) is 5.84 Å². The van der Waals surface area contributed by atoms with Crippen LogP contribution in [0.1, 0.15) is 78.7 Å². The van der Waals surface area contributed by atoms with Crippen LogP contribution in [0.25, 0.3) is 0 Å². The zero-order valence-electron chi connectivity index (χ0n) is 17.3. The predicted octanol–water partition coefficient (Wildman–Crippen LogP) is 5.56. The van der Waals surface area contributed by atoms with Gasteiger partial charge in [-0.1, -0.05) is 50.3 Å². The van der Waals surface area contributed by atoms with E-state index < -0.39 is 10.0 Å². The monoisotopic (exact) mass is 380 g/mol. The zero-order valence-corrected chi connectivity index (χ0v) is 18.1. The summed E-state index contributed by atoms with van der Waals surface area (Å²) in [7, 11) is -3.69. The van der Waals surface area contributed by atoms with Crippen molar-refractivity contribution in [1.29, 1.82) is 0 Å². The van der Waals surface area contributed by atoms with Gasteiger partial charge in [-0.2, -0.15) is 8.42 Å². The van der Waals surface area contributed by atoms with E-state index in [4.69, 9.17) is 0 Å². The minimum atomic E-state index is -3.69. The number of unbranched alkanes of at least 4 members (excludes halogenated alkanes) is 4. The standard InChI is InChI=1S/C21H36N2O2S/c1-7-8-9-10-11-12-21(23(17(2)3)18(4)5)22-26(24,25)20-15-13-19(6)14-16-20/h13-18H,7-12H2,1-6H3/b22-21+. The van der Waals surface area contributed by atoms with Gasteiger partial charge in [-0.25, -0.2) is 0 Å². The topological polar surface area (TPSA) is 49.7 Å². The number of hydrogen-bond acceptors (Lipinski definition) is 2. The number of nitrogens with zero attached hydrogens (tertiary/aromatic N) is 2. The molecule has 0 unspecified atom stereocenters. The van der Waals surface area contributed by atoms with Gasteiger partial charge in [0.25, 0.3) is 10.0 Å². The van der Waals surface area contributed by atoms with Crippen molar-refractivity contribution < 1.29 is 8.42 Å². The molecule has 0 fully saturated rings. The fourth-order valence-electron chi connectivity index (χ4n) is 3.20. The van der Waals surface area contributed by atoms with Crippen molar-refractivity contribution in [3.63, 3.8) is 0 Å². The summed E-state index contributed by atoms with van der Waals surface area (Å²) in [5.41, 5.74) is 1.04. The molecule has 0 aliphatic rings. The van der Waals surface area contributed by atoms with E-state index in [1.54, 1.807) is 12.1 Å². The van der Waals surface area contributed by atoms with Gasteiger partial charge < -0.3 is 4.90 Å². The third kappa shape index (κ3) is 7.10. The highest BCUT2D eigenvalue weighted by Crippen LogP contribution is 2.19. The van der Waals surface area contributed by atoms with Gasteiger partial charge in [0.05, 0.1) is 4.90 Å². The second kappa shape index (κ2) is 10.7. The Balaban J connectivity index is 3.11. The molecule has 0 atom stereocenters. The highest BCUT2D eigenvalue weighted by Gasteiger charge is 2.22. The molecule has 0 saturated carbocycles. The Bertz CT molecular complexity index is 654. The molecule has 0 saturated heterocycles. The molecule has 0 aliphatic carbocycles. The fourth-order valence-corrected chi connectivity index (χ4v) is 4.25. The molecule has 0 heterocycles. The number of rotatable bonds is 10. The number of aryl methyl sites for hydroxylation is 1. The molecule has 0 spiro atoms. The second-order valence-electron chi connectivity index (χ2n) is 7.55. The summed E-state index contributed by atoms with van der Waals surface area (Å²) in [6.07, 6.45) is 6.40. The minimum Gasteiger partial charge on any atom is -0.354 e. The Morgan fingerprint density at radius 3 is 2.00 bits per heavy atom. The summed E-state index contributed by atoms with van der Waals surface area (Å²) >= 11 is 0. The number of sulfonamides is 1. The van der Waals surface area contributed by atoms with Gasteiger partial charge >= 0.3 is 0 Å². The normalized spacial score (nSPS) is 12.8. The molecule has 5 heteroatoms. The molecular formula is C21H36N2O2S. The third-order valence-electron chi connectivity index (χ3n) is 4.46. The first-order valence-corrected chi connectivity index (χ1v) is 11.3. The molecule has 1 rings (SSSR count). The fraction of sp³-hybridized carbons (Fsp3) is 0.667. The first-order chi connectivity index (χ1) is 12.2. The Morgan fingerprint density at radius 1 is 0.962 bits per heavy atom. The Kier molecular flexibility index (Phi) is 9.34. The highest BCUT2D eigenvalue weighted by atomic mass is 32.2. The maximum absolute atomic E-state index is 12.8. The van der Waals surface area contributed by atoms with Crippen LogP contribution in [-0.2, 0) is 10.0 Å². The van der Waals surface area contributed by atoms with Gasteiger partial charge in [0, 0.05) is 18.5 Å². The van der Waals surface area contributed by atoms with Crippen molar-refractivity contribution >= 4 is 15.9 Å². The largest absolute Gasteiger partial charge is 0.354 e. The van der Waals surface area contributed by atoms with Crippen LogP contribution in [0.4, 0.5) is 0 Å². The predicted molar refractivity (Wildman–Crippen MR) is 111 cm³/mol. The lowest BCUT2D eigenvalue weighted by Gasteiger charge is -2.34. The van der Waals surface area contributed by atoms with Gasteiger partial charge in [-0.3, -0.25) is 0 Å². The van der Waals surface area contributed by atoms with E-state index in [0.29, 0.717) is 12.3 Å². The maximum atomic E-state index is 12.8. The van der Waals surface area contributed by atoms with Crippen molar-refractivity contribution in [2.24, 2.45) is 4.40 Å². The molecule has 148 valence electrons. The van der Waals surface area contributed by atoms with Crippen LogP contribution in [0.3, 0.4) is 0 Å². The van der Waals surface area contributed by atoms with Crippen LogP contribution >= 0.6 is 0 Å². The molecule has 0 radical (unpaired) electrons. The average molecular weight is 381 g/mol. The highest BCUT2D eigenvalue weighted by molar-refractivity contribution is 7.90. The van der Waals surface area contributed by atoms with E-state index in [2.05, 4.69) is 43.9 Å². The summed E-state index contributed by atoms with van der Waals surface area (Å²) in [6, 6.07) is 7.32. The second-order valence-corrected chi connectivity index (χ2v) is 9.16. The molecule has 0 amide bonds. The van der Waals surface area contributed by atoms with E-state index in [1.165, 1.54) is 19.3 Å². The number of benzene rings is 1. The summed E-state index contributed by atoms with van der Waals surface area (Å²) < 4.78 is 29.9. The third-order valence-corrected chi connectivity index (χ3v) is 5.78. The van der Waals surface area contributed by atoms with E-state index in [1.807, 2.05) is 19.1 Å². The van der Waals surface area contributed by atoms with Crippen LogP contribution < -0.4 is 0 Å². The SMILES string of the molecule is CCCCCCC/C(=N\S(=O)(=O)c1ccc(C)cc1)N(C(C)C)C(C)C. The maximum Gasteiger partial charge on any atom is 0.283 e. The molecule has 0 aliphatic heterocycles. The molecule has 4 nitrogen and oxygen atoms in total. The van der Waals surface area contributed by atoms with Gasteiger partial charge in [-0.05, 0) is 53.2 Å². The van der Waals surface area contributed by atoms with Gasteiger partial charge in [0.15, 0.2) is 0 Å². The number of hydrogen-bond donors (Lipinski definition) is 0. The van der Waals surface area contributed by atoms with Gasteiger partial charge in [0.2, 0.25) is 0 Å². The first-order valence-electron chi connectivity index (χ1n) is 9.88. The Labute approximate surface area is 160 Å². The smallest absolute Gasteiger partial charge is 0.283 e. The molecule has 0 bridgehead atoms. The first kappa shape index (κ1) is 22.7. The molecule has 1 aromatic rings. The van der Waals surface area contributed by atoms with Crippen molar-refractivity contribution in [2.75, 3.05) is 0 Å². The number of amidine groups is 1. The summed E-state index contributed by atoms with van der Waals surface area (Å²) in [6.45, 7) is 12.5. The lowest BCUT2D eigenvalue weighted by molar-refractivity contribution is 0.286. The van der Waals surface area contributed by atoms with Crippen LogP contribution in [0.2, 0.25) is 0 Å². The van der Waals surface area contributed by atoms with E-state index >= 15 is 0 Å². The summed E-state index contributed by atoms with van der Waals surface area (Å²) in [4.78, 5) is 2.39. The summed E-state index contributed by atoms with van der Waals surface area (Å²) in [5, 5.41) is 0. The van der Waals surface area contributed by atoms with Crippen LogP contribution in [0, 0.1) is 6.92 Å². The van der Waals surface area contributed by atoms with E-state index in [9.17, 15) is 8.42 Å². The van der Waals surface area contributed by atoms with Crippen LogP contribution in [0.15, 0.2) is 33.6 Å². The van der Waals surface area contributed by atoms with Crippen molar-refractivity contribution in [1.82, 2.24) is 4.90 Å². The molecule has 0 aromatic heterocycles. The molecule has 1 aromatic carbocycles. The van der Waals surface area contributed by atoms with Crippen molar-refractivity contribution in [3.8, 4) is 0 Å². The Morgan fingerprint density at radius 2 is 1.50 bits per heavy atom. The summed E-state index contributed by atoms with van der Waals surface area (Å²) in [5.74, 6) is 0.687. The molecule has 0 N–H and O–H groups in total. The lowest BCUT2D eigenvalue weighted by Crippen LogP contribution is -2.42. The van der Waals surface area contributed by atoms with E-state index in [-0.39, 0.29) is 17.0 Å². The van der Waals surface area contributed by atoms with E-state index in [0.717, 1.165) is 18.4 Å². The molecule has 26 heavy (non-hydrogen) atoms. The minimum absolute atomic E-state index is 0.206. The van der Waals surface area contributed by atoms with Crippen LogP contribution in [0.5, 0.6) is 0 Å².